The second-order valence-corrected chi connectivity index (χ2v) is 8.55. The first-order valence-electron chi connectivity index (χ1n) is 11.0. The maximum absolute atomic E-state index is 14.5. The molecule has 1 aromatic rings. The van der Waals surface area contributed by atoms with Crippen molar-refractivity contribution in [2.45, 2.75) is 63.3 Å². The molecule has 4 nitrogen and oxygen atoms in total. The number of aliphatic hydroxyl groups is 2. The Hall–Kier alpha value is -1.98. The van der Waals surface area contributed by atoms with Crippen LogP contribution in [0.3, 0.4) is 0 Å². The number of aliphatic hydroxyl groups excluding tert-OH is 2. The van der Waals surface area contributed by atoms with Crippen molar-refractivity contribution in [1.29, 1.82) is 0 Å². The van der Waals surface area contributed by atoms with E-state index >= 15 is 0 Å². The molecule has 0 amide bonds. The zero-order valence-electron chi connectivity index (χ0n) is 17.6. The Bertz CT molecular complexity index is 734. The lowest BCUT2D eigenvalue weighted by molar-refractivity contribution is -0.140. The van der Waals surface area contributed by atoms with Gasteiger partial charge in [0.1, 0.15) is 6.17 Å². The number of halogens is 1. The number of hydrogen-bond acceptors (Lipinski definition) is 4. The van der Waals surface area contributed by atoms with E-state index in [1.165, 1.54) is 18.2 Å². The van der Waals surface area contributed by atoms with Crippen LogP contribution in [-0.4, -0.2) is 41.7 Å². The predicted molar refractivity (Wildman–Crippen MR) is 115 cm³/mol. The summed E-state index contributed by atoms with van der Waals surface area (Å²) >= 11 is 0. The van der Waals surface area contributed by atoms with E-state index in [0.29, 0.717) is 19.3 Å². The number of hydrogen-bond donors (Lipinski definition) is 2. The minimum absolute atomic E-state index is 0.121. The SMILES string of the molecule is COC(=O)CCC/C=C\CC1C(O)C[C@H](F)[C@@H]1/C=C/[C@H](O)C1Cc2ccccc2C1. The van der Waals surface area contributed by atoms with Crippen molar-refractivity contribution < 1.29 is 24.1 Å². The Morgan fingerprint density at radius 2 is 1.97 bits per heavy atom. The predicted octanol–water partition coefficient (Wildman–Crippen LogP) is 3.94. The van der Waals surface area contributed by atoms with Crippen molar-refractivity contribution >= 4 is 5.97 Å². The molecule has 0 saturated heterocycles. The molecule has 5 heteroatoms. The van der Waals surface area contributed by atoms with Gasteiger partial charge in [0.2, 0.25) is 0 Å². The third kappa shape index (κ3) is 5.79. The van der Waals surface area contributed by atoms with Crippen LogP contribution in [0.15, 0.2) is 48.6 Å². The number of benzene rings is 1. The maximum atomic E-state index is 14.5. The van der Waals surface area contributed by atoms with Gasteiger partial charge in [-0.05, 0) is 55.1 Å². The fourth-order valence-corrected chi connectivity index (χ4v) is 4.74. The average Bonchev–Trinajstić information content (AvgIpc) is 3.29. The Balaban J connectivity index is 1.51. The highest BCUT2D eigenvalue weighted by atomic mass is 19.1. The number of allylic oxidation sites excluding steroid dienone is 3. The first kappa shape index (κ1) is 22.7. The zero-order chi connectivity index (χ0) is 21.5. The molecule has 0 aliphatic heterocycles. The quantitative estimate of drug-likeness (QED) is 0.364. The number of alkyl halides is 1. The Labute approximate surface area is 178 Å². The summed E-state index contributed by atoms with van der Waals surface area (Å²) < 4.78 is 19.1. The Morgan fingerprint density at radius 1 is 1.27 bits per heavy atom. The molecule has 2 unspecified atom stereocenters. The molecular formula is C25H33FO4. The summed E-state index contributed by atoms with van der Waals surface area (Å²) in [6.45, 7) is 0. The third-order valence-corrected chi connectivity index (χ3v) is 6.52. The van der Waals surface area contributed by atoms with Gasteiger partial charge in [0.15, 0.2) is 0 Å². The second-order valence-electron chi connectivity index (χ2n) is 8.55. The van der Waals surface area contributed by atoms with Gasteiger partial charge in [-0.3, -0.25) is 4.79 Å². The van der Waals surface area contributed by atoms with Crippen LogP contribution >= 0.6 is 0 Å². The van der Waals surface area contributed by atoms with E-state index in [9.17, 15) is 19.4 Å². The summed E-state index contributed by atoms with van der Waals surface area (Å²) in [6.07, 6.45) is 9.32. The number of carbonyl (C=O) groups is 1. The molecule has 0 spiro atoms. The highest BCUT2D eigenvalue weighted by Gasteiger charge is 2.40. The number of fused-ring (bicyclic) bond motifs is 1. The lowest BCUT2D eigenvalue weighted by Gasteiger charge is -2.20. The smallest absolute Gasteiger partial charge is 0.305 e. The third-order valence-electron chi connectivity index (χ3n) is 6.52. The summed E-state index contributed by atoms with van der Waals surface area (Å²) in [4.78, 5) is 11.1. The number of unbranched alkanes of at least 4 members (excludes halogenated alkanes) is 1. The van der Waals surface area contributed by atoms with Crippen LogP contribution in [0, 0.1) is 17.8 Å². The van der Waals surface area contributed by atoms with Crippen LogP contribution in [0.4, 0.5) is 4.39 Å². The standard InChI is InChI=1S/C25H33FO4/c1-30-25(29)11-5-3-2-4-10-21-20(22(26)16-24(21)28)12-13-23(27)19-14-17-8-6-7-9-18(17)15-19/h2,4,6-9,12-13,19-24,27-28H,3,5,10-11,14-16H2,1H3/b4-2-,13-12+/t20-,21?,22+,23+,24?/m1/s1. The van der Waals surface area contributed by atoms with E-state index in [1.54, 1.807) is 12.2 Å². The highest BCUT2D eigenvalue weighted by Crippen LogP contribution is 2.38. The summed E-state index contributed by atoms with van der Waals surface area (Å²) in [5, 5.41) is 20.9. The topological polar surface area (TPSA) is 66.8 Å². The molecule has 0 heterocycles. The van der Waals surface area contributed by atoms with Gasteiger partial charge in [0, 0.05) is 18.8 Å². The summed E-state index contributed by atoms with van der Waals surface area (Å²) in [6, 6.07) is 8.24. The van der Waals surface area contributed by atoms with Gasteiger partial charge in [-0.15, -0.1) is 0 Å². The largest absolute Gasteiger partial charge is 0.469 e. The molecular weight excluding hydrogens is 383 g/mol. The Morgan fingerprint density at radius 3 is 2.63 bits per heavy atom. The minimum atomic E-state index is -1.10. The zero-order valence-corrected chi connectivity index (χ0v) is 17.6. The number of methoxy groups -OCH3 is 1. The van der Waals surface area contributed by atoms with E-state index in [4.69, 9.17) is 0 Å². The van der Waals surface area contributed by atoms with Gasteiger partial charge in [0.25, 0.3) is 0 Å². The summed E-state index contributed by atoms with van der Waals surface area (Å²) in [5.41, 5.74) is 2.56. The lowest BCUT2D eigenvalue weighted by Crippen LogP contribution is -2.21. The average molecular weight is 417 g/mol. The molecule has 2 N–H and O–H groups in total. The van der Waals surface area contributed by atoms with Crippen LogP contribution in [0.5, 0.6) is 0 Å². The van der Waals surface area contributed by atoms with E-state index < -0.39 is 24.3 Å². The van der Waals surface area contributed by atoms with Gasteiger partial charge >= 0.3 is 5.97 Å². The molecule has 2 aliphatic rings. The fourth-order valence-electron chi connectivity index (χ4n) is 4.74. The van der Waals surface area contributed by atoms with Crippen LogP contribution in [-0.2, 0) is 22.4 Å². The molecule has 5 atom stereocenters. The monoisotopic (exact) mass is 416 g/mol. The van der Waals surface area contributed by atoms with E-state index in [1.807, 2.05) is 24.3 Å². The van der Waals surface area contributed by atoms with Gasteiger partial charge < -0.3 is 14.9 Å². The van der Waals surface area contributed by atoms with Crippen molar-refractivity contribution in [2.75, 3.05) is 7.11 Å². The first-order valence-corrected chi connectivity index (χ1v) is 11.0. The van der Waals surface area contributed by atoms with Crippen LogP contribution in [0.1, 0.15) is 43.2 Å². The van der Waals surface area contributed by atoms with Crippen molar-refractivity contribution in [3.05, 3.63) is 59.7 Å². The van der Waals surface area contributed by atoms with E-state index in [-0.39, 0.29) is 24.2 Å². The minimum Gasteiger partial charge on any atom is -0.469 e. The van der Waals surface area contributed by atoms with Gasteiger partial charge in [-0.1, -0.05) is 48.6 Å². The molecule has 1 fully saturated rings. The van der Waals surface area contributed by atoms with Gasteiger partial charge in [-0.2, -0.15) is 0 Å². The summed E-state index contributed by atoms with van der Waals surface area (Å²) in [7, 11) is 1.38. The Kier molecular flexibility index (Phi) is 8.23. The van der Waals surface area contributed by atoms with Crippen molar-refractivity contribution in [1.82, 2.24) is 0 Å². The summed E-state index contributed by atoms with van der Waals surface area (Å²) in [5.74, 6) is -0.681. The molecule has 0 aromatic heterocycles. The van der Waals surface area contributed by atoms with Crippen LogP contribution in [0.2, 0.25) is 0 Å². The number of rotatable bonds is 9. The van der Waals surface area contributed by atoms with Gasteiger partial charge in [-0.25, -0.2) is 4.39 Å². The highest BCUT2D eigenvalue weighted by molar-refractivity contribution is 5.69. The van der Waals surface area contributed by atoms with E-state index in [2.05, 4.69) is 16.9 Å². The van der Waals surface area contributed by atoms with Crippen molar-refractivity contribution in [3.63, 3.8) is 0 Å². The first-order chi connectivity index (χ1) is 14.5. The molecule has 1 aromatic carbocycles. The fraction of sp³-hybridized carbons (Fsp3) is 0.560. The number of ether oxygens (including phenoxy) is 1. The van der Waals surface area contributed by atoms with Crippen LogP contribution < -0.4 is 0 Å². The molecule has 164 valence electrons. The normalized spacial score (nSPS) is 27.7. The van der Waals surface area contributed by atoms with Crippen molar-refractivity contribution in [3.8, 4) is 0 Å². The van der Waals surface area contributed by atoms with Crippen molar-refractivity contribution in [2.24, 2.45) is 17.8 Å². The molecule has 1 saturated carbocycles. The molecule has 0 bridgehead atoms. The molecule has 0 radical (unpaired) electrons. The number of esters is 1. The lowest BCUT2D eigenvalue weighted by atomic mass is 9.89. The molecule has 2 aliphatic carbocycles. The molecule has 30 heavy (non-hydrogen) atoms. The second kappa shape index (κ2) is 10.9. The number of carbonyl (C=O) groups excluding carboxylic acids is 1. The van der Waals surface area contributed by atoms with Gasteiger partial charge in [0.05, 0.1) is 19.3 Å². The molecule has 3 rings (SSSR count). The van der Waals surface area contributed by atoms with Crippen LogP contribution in [0.25, 0.3) is 0 Å². The maximum Gasteiger partial charge on any atom is 0.305 e. The van der Waals surface area contributed by atoms with E-state index in [0.717, 1.165) is 19.3 Å².